The summed E-state index contributed by atoms with van der Waals surface area (Å²) >= 11 is 0. The average molecular weight is 354 g/mol. The van der Waals surface area contributed by atoms with Gasteiger partial charge >= 0.3 is 0 Å². The Balaban J connectivity index is 1.47. The molecule has 1 spiro atoms. The molecule has 0 saturated heterocycles. The lowest BCUT2D eigenvalue weighted by molar-refractivity contribution is -0.148. The average Bonchev–Trinajstić information content (AvgIpc) is 3.46. The van der Waals surface area contributed by atoms with Crippen molar-refractivity contribution in [3.63, 3.8) is 0 Å². The van der Waals surface area contributed by atoms with Gasteiger partial charge in [0.15, 0.2) is 0 Å². The molecule has 5 heteroatoms. The van der Waals surface area contributed by atoms with Crippen molar-refractivity contribution < 1.29 is 14.8 Å². The number of hydrogen-bond acceptors (Lipinski definition) is 3. The highest BCUT2D eigenvalue weighted by Gasteiger charge is 2.52. The maximum atomic E-state index is 13.2. The van der Waals surface area contributed by atoms with Gasteiger partial charge in [-0.3, -0.25) is 14.8 Å². The van der Waals surface area contributed by atoms with E-state index in [4.69, 9.17) is 5.21 Å². The molecule has 5 nitrogen and oxygen atoms in total. The molecule has 2 atom stereocenters. The molecule has 1 aliphatic heterocycles. The van der Waals surface area contributed by atoms with Crippen LogP contribution in [0.15, 0.2) is 36.4 Å². The zero-order valence-corrected chi connectivity index (χ0v) is 15.0. The van der Waals surface area contributed by atoms with Crippen molar-refractivity contribution in [2.45, 2.75) is 38.5 Å². The van der Waals surface area contributed by atoms with Gasteiger partial charge in [0.2, 0.25) is 11.8 Å². The van der Waals surface area contributed by atoms with Crippen LogP contribution in [0, 0.1) is 17.3 Å². The summed E-state index contributed by atoms with van der Waals surface area (Å²) in [6, 6.07) is 10.3. The van der Waals surface area contributed by atoms with Crippen molar-refractivity contribution in [2.75, 3.05) is 13.1 Å². The van der Waals surface area contributed by atoms with E-state index in [1.807, 2.05) is 23.1 Å². The minimum Gasteiger partial charge on any atom is -0.338 e. The third-order valence-corrected chi connectivity index (χ3v) is 6.51. The summed E-state index contributed by atoms with van der Waals surface area (Å²) in [6.45, 7) is 1.29. The standard InChI is InChI=1S/C21H26N2O3/c24-19(22-26)17-6-9-21(10-11-21)14-18(17)20(25)23-12-7-16(8-13-23)15-4-2-1-3-5-15/h1-5,7,17-18,26H,6,8-14H2,(H,22,24). The fraction of sp³-hybridized carbons (Fsp3) is 0.524. The van der Waals surface area contributed by atoms with Crippen molar-refractivity contribution in [2.24, 2.45) is 17.3 Å². The van der Waals surface area contributed by atoms with E-state index in [2.05, 4.69) is 18.2 Å². The quantitative estimate of drug-likeness (QED) is 0.648. The summed E-state index contributed by atoms with van der Waals surface area (Å²) in [5, 5.41) is 9.07. The van der Waals surface area contributed by atoms with E-state index < -0.39 is 11.8 Å². The fourth-order valence-electron chi connectivity index (χ4n) is 4.68. The Morgan fingerprint density at radius 3 is 2.50 bits per heavy atom. The second-order valence-corrected chi connectivity index (χ2v) is 8.06. The van der Waals surface area contributed by atoms with Crippen molar-refractivity contribution in [3.8, 4) is 0 Å². The van der Waals surface area contributed by atoms with E-state index in [-0.39, 0.29) is 17.2 Å². The van der Waals surface area contributed by atoms with Crippen LogP contribution in [0.4, 0.5) is 0 Å². The highest BCUT2D eigenvalue weighted by Crippen LogP contribution is 2.59. The molecule has 0 bridgehead atoms. The molecule has 2 N–H and O–H groups in total. The number of nitrogens with zero attached hydrogens (tertiary/aromatic N) is 1. The number of nitrogens with one attached hydrogen (secondary N) is 1. The third kappa shape index (κ3) is 3.28. The highest BCUT2D eigenvalue weighted by atomic mass is 16.5. The molecular formula is C21H26N2O3. The van der Waals surface area contributed by atoms with Gasteiger partial charge in [0.25, 0.3) is 0 Å². The van der Waals surface area contributed by atoms with E-state index in [9.17, 15) is 9.59 Å². The molecule has 1 aromatic carbocycles. The predicted octanol–water partition coefficient (Wildman–Crippen LogP) is 3.00. The van der Waals surface area contributed by atoms with Gasteiger partial charge in [-0.15, -0.1) is 0 Å². The maximum absolute atomic E-state index is 13.2. The third-order valence-electron chi connectivity index (χ3n) is 6.51. The zero-order valence-electron chi connectivity index (χ0n) is 15.0. The molecule has 2 unspecified atom stereocenters. The maximum Gasteiger partial charge on any atom is 0.247 e. The number of hydrogen-bond donors (Lipinski definition) is 2. The summed E-state index contributed by atoms with van der Waals surface area (Å²) in [5.74, 6) is -1.03. The number of carbonyl (C=O) groups is 2. The Morgan fingerprint density at radius 2 is 1.88 bits per heavy atom. The fourth-order valence-corrected chi connectivity index (χ4v) is 4.68. The number of benzene rings is 1. The topological polar surface area (TPSA) is 69.6 Å². The minimum atomic E-state index is -0.406. The summed E-state index contributed by atoms with van der Waals surface area (Å²) in [5.41, 5.74) is 4.56. The van der Waals surface area contributed by atoms with Gasteiger partial charge in [-0.1, -0.05) is 36.4 Å². The second kappa shape index (κ2) is 6.88. The molecule has 0 aromatic heterocycles. The lowest BCUT2D eigenvalue weighted by Crippen LogP contribution is -2.47. The molecule has 0 radical (unpaired) electrons. The Morgan fingerprint density at radius 1 is 1.12 bits per heavy atom. The SMILES string of the molecule is O=C(NO)C1CCC2(CC2)CC1C(=O)N1CC=C(c2ccccc2)CC1. The van der Waals surface area contributed by atoms with Crippen LogP contribution in [-0.2, 0) is 9.59 Å². The van der Waals surface area contributed by atoms with Crippen molar-refractivity contribution in [3.05, 3.63) is 42.0 Å². The number of carbonyl (C=O) groups excluding carboxylic acids is 2. The van der Waals surface area contributed by atoms with Crippen LogP contribution in [-0.4, -0.2) is 35.0 Å². The first kappa shape index (κ1) is 17.3. The van der Waals surface area contributed by atoms with Crippen molar-refractivity contribution >= 4 is 17.4 Å². The van der Waals surface area contributed by atoms with Crippen molar-refractivity contribution in [1.29, 1.82) is 0 Å². The van der Waals surface area contributed by atoms with Gasteiger partial charge in [0, 0.05) is 13.1 Å². The lowest BCUT2D eigenvalue weighted by atomic mass is 9.71. The van der Waals surface area contributed by atoms with Gasteiger partial charge < -0.3 is 4.90 Å². The van der Waals surface area contributed by atoms with Crippen LogP contribution in [0.3, 0.4) is 0 Å². The molecule has 138 valence electrons. The van der Waals surface area contributed by atoms with Crippen LogP contribution in [0.25, 0.3) is 5.57 Å². The van der Waals surface area contributed by atoms with Crippen LogP contribution in [0.2, 0.25) is 0 Å². The van der Waals surface area contributed by atoms with Crippen LogP contribution in [0.5, 0.6) is 0 Å². The molecule has 1 heterocycles. The van der Waals surface area contributed by atoms with Gasteiger partial charge in [-0.2, -0.15) is 0 Å². The molecule has 26 heavy (non-hydrogen) atoms. The number of rotatable bonds is 3. The van der Waals surface area contributed by atoms with Gasteiger partial charge in [-0.25, -0.2) is 5.48 Å². The molecule has 3 aliphatic rings. The molecular weight excluding hydrogens is 328 g/mol. The Labute approximate surface area is 154 Å². The second-order valence-electron chi connectivity index (χ2n) is 8.06. The first-order valence-electron chi connectivity index (χ1n) is 9.59. The van der Waals surface area contributed by atoms with E-state index >= 15 is 0 Å². The van der Waals surface area contributed by atoms with E-state index in [0.29, 0.717) is 19.5 Å². The number of hydroxylamine groups is 1. The van der Waals surface area contributed by atoms with Crippen LogP contribution >= 0.6 is 0 Å². The van der Waals surface area contributed by atoms with E-state index in [1.165, 1.54) is 24.0 Å². The van der Waals surface area contributed by atoms with Gasteiger partial charge in [0.05, 0.1) is 11.8 Å². The van der Waals surface area contributed by atoms with E-state index in [1.54, 1.807) is 5.48 Å². The van der Waals surface area contributed by atoms with Crippen LogP contribution in [0.1, 0.15) is 44.1 Å². The molecule has 2 amide bonds. The van der Waals surface area contributed by atoms with Crippen molar-refractivity contribution in [1.82, 2.24) is 10.4 Å². The van der Waals surface area contributed by atoms with Gasteiger partial charge in [-0.05, 0) is 55.1 Å². The molecule has 2 aliphatic carbocycles. The monoisotopic (exact) mass is 354 g/mol. The highest BCUT2D eigenvalue weighted by molar-refractivity contribution is 5.88. The Bertz CT molecular complexity index is 724. The predicted molar refractivity (Wildman–Crippen MR) is 98.0 cm³/mol. The zero-order chi connectivity index (χ0) is 18.1. The molecule has 1 aromatic rings. The first-order chi connectivity index (χ1) is 12.6. The molecule has 2 fully saturated rings. The van der Waals surface area contributed by atoms with E-state index in [0.717, 1.165) is 19.3 Å². The lowest BCUT2D eigenvalue weighted by Gasteiger charge is -2.38. The van der Waals surface area contributed by atoms with Gasteiger partial charge in [0.1, 0.15) is 0 Å². The number of amides is 2. The largest absolute Gasteiger partial charge is 0.338 e. The summed E-state index contributed by atoms with van der Waals surface area (Å²) in [7, 11) is 0. The smallest absolute Gasteiger partial charge is 0.247 e. The normalized spacial score (nSPS) is 27.0. The Kier molecular flexibility index (Phi) is 4.57. The molecule has 2 saturated carbocycles. The molecule has 4 rings (SSSR count). The van der Waals surface area contributed by atoms with Crippen LogP contribution < -0.4 is 5.48 Å². The Hall–Kier alpha value is -2.14. The summed E-state index contributed by atoms with van der Waals surface area (Å²) in [4.78, 5) is 27.2. The summed E-state index contributed by atoms with van der Waals surface area (Å²) < 4.78 is 0. The first-order valence-corrected chi connectivity index (χ1v) is 9.59. The summed E-state index contributed by atoms with van der Waals surface area (Å²) in [6.07, 6.45) is 7.78. The minimum absolute atomic E-state index is 0.0768.